The van der Waals surface area contributed by atoms with E-state index in [1.807, 2.05) is 19.9 Å². The van der Waals surface area contributed by atoms with E-state index in [4.69, 9.17) is 9.47 Å². The van der Waals surface area contributed by atoms with Gasteiger partial charge < -0.3 is 34.8 Å². The molecule has 1 atom stereocenters. The summed E-state index contributed by atoms with van der Waals surface area (Å²) in [6, 6.07) is 6.28. The summed E-state index contributed by atoms with van der Waals surface area (Å²) in [6.45, 7) is 5.41. The van der Waals surface area contributed by atoms with Crippen molar-refractivity contribution in [3.05, 3.63) is 35.5 Å². The van der Waals surface area contributed by atoms with Crippen LogP contribution in [0.5, 0.6) is 5.75 Å². The smallest absolute Gasteiger partial charge is 0.409 e. The summed E-state index contributed by atoms with van der Waals surface area (Å²) in [7, 11) is 0. The van der Waals surface area contributed by atoms with Gasteiger partial charge in [-0.05, 0) is 43.9 Å². The van der Waals surface area contributed by atoms with Gasteiger partial charge in [-0.15, -0.1) is 0 Å². The SMILES string of the molecule is CCCCOC(=O)N1CCN(C(=O)CNC(=O)c2cc(OCC(=O)N3CCCC4(C3)NC(=O)NC4=O)c3ccc(C)cc3n2)CC1. The zero-order valence-corrected chi connectivity index (χ0v) is 26.1. The van der Waals surface area contributed by atoms with Gasteiger partial charge in [-0.2, -0.15) is 0 Å². The Kier molecular flexibility index (Phi) is 9.87. The Morgan fingerprint density at radius 1 is 1.00 bits per heavy atom. The number of benzene rings is 1. The number of hydrogen-bond acceptors (Lipinski definition) is 9. The number of likely N-dealkylation sites (tertiary alicyclic amines) is 1. The maximum atomic E-state index is 13.1. The number of urea groups is 1. The minimum Gasteiger partial charge on any atom is -0.483 e. The van der Waals surface area contributed by atoms with Crippen LogP contribution in [0.25, 0.3) is 10.9 Å². The Morgan fingerprint density at radius 3 is 2.48 bits per heavy atom. The number of carbonyl (C=O) groups is 6. The number of pyridine rings is 1. The Balaban J connectivity index is 1.19. The number of nitrogens with one attached hydrogen (secondary N) is 3. The van der Waals surface area contributed by atoms with Crippen molar-refractivity contribution in [1.29, 1.82) is 0 Å². The fourth-order valence-electron chi connectivity index (χ4n) is 5.75. The highest BCUT2D eigenvalue weighted by atomic mass is 16.6. The van der Waals surface area contributed by atoms with Gasteiger partial charge in [-0.3, -0.25) is 24.5 Å². The minimum atomic E-state index is -1.15. The standard InChI is InChI=1S/C31H39N7O8/c1-3-4-14-45-30(44)37-12-10-36(11-13-37)25(39)17-32-27(41)23-16-24(21-7-6-20(2)15-22(21)33-23)46-18-26(40)38-9-5-8-31(19-38)28(42)34-29(43)35-31/h6-7,15-16H,3-5,8-14,17-19H2,1-2H3,(H,32,41)(H2,34,35,42,43). The van der Waals surface area contributed by atoms with Crippen molar-refractivity contribution >= 4 is 46.7 Å². The van der Waals surface area contributed by atoms with Crippen LogP contribution in [0.1, 0.15) is 48.7 Å². The molecule has 15 nitrogen and oxygen atoms in total. The van der Waals surface area contributed by atoms with E-state index in [0.29, 0.717) is 63.1 Å². The number of rotatable bonds is 9. The zero-order valence-electron chi connectivity index (χ0n) is 26.1. The number of ether oxygens (including phenoxy) is 2. The van der Waals surface area contributed by atoms with E-state index < -0.39 is 23.4 Å². The third kappa shape index (κ3) is 7.29. The molecule has 7 amide bonds. The Labute approximate surface area is 265 Å². The first-order valence-corrected chi connectivity index (χ1v) is 15.5. The summed E-state index contributed by atoms with van der Waals surface area (Å²) < 4.78 is 11.2. The summed E-state index contributed by atoms with van der Waals surface area (Å²) in [5.74, 6) is -1.46. The van der Waals surface area contributed by atoms with Crippen LogP contribution < -0.4 is 20.7 Å². The van der Waals surface area contributed by atoms with Gasteiger partial charge in [-0.1, -0.05) is 19.4 Å². The van der Waals surface area contributed by atoms with Crippen molar-refractivity contribution in [3.8, 4) is 5.75 Å². The van der Waals surface area contributed by atoms with Gasteiger partial charge in [0.2, 0.25) is 5.91 Å². The fraction of sp³-hybridized carbons (Fsp3) is 0.516. The van der Waals surface area contributed by atoms with Crippen LogP contribution in [-0.2, 0) is 19.1 Å². The van der Waals surface area contributed by atoms with Gasteiger partial charge in [0.25, 0.3) is 17.7 Å². The van der Waals surface area contributed by atoms with Gasteiger partial charge in [0.15, 0.2) is 6.61 Å². The summed E-state index contributed by atoms with van der Waals surface area (Å²) >= 11 is 0. The molecule has 3 saturated heterocycles. The predicted molar refractivity (Wildman–Crippen MR) is 164 cm³/mol. The number of amides is 7. The minimum absolute atomic E-state index is 0.00950. The largest absolute Gasteiger partial charge is 0.483 e. The Bertz CT molecular complexity index is 1540. The van der Waals surface area contributed by atoms with Crippen molar-refractivity contribution in [2.24, 2.45) is 0 Å². The molecule has 3 aliphatic heterocycles. The highest BCUT2D eigenvalue weighted by Crippen LogP contribution is 2.28. The van der Waals surface area contributed by atoms with Crippen LogP contribution in [-0.4, -0.2) is 120 Å². The van der Waals surface area contributed by atoms with Crippen LogP contribution in [0.15, 0.2) is 24.3 Å². The number of aromatic nitrogens is 1. The van der Waals surface area contributed by atoms with Crippen LogP contribution in [0.4, 0.5) is 9.59 Å². The molecule has 0 bridgehead atoms. The maximum absolute atomic E-state index is 13.1. The number of piperazine rings is 1. The van der Waals surface area contributed by atoms with Crippen molar-refractivity contribution in [1.82, 2.24) is 35.6 Å². The molecule has 1 aromatic heterocycles. The van der Waals surface area contributed by atoms with Crippen molar-refractivity contribution in [3.63, 3.8) is 0 Å². The van der Waals surface area contributed by atoms with Gasteiger partial charge in [0.1, 0.15) is 17.0 Å². The summed E-state index contributed by atoms with van der Waals surface area (Å²) in [5.41, 5.74) is 0.238. The molecule has 4 heterocycles. The third-order valence-corrected chi connectivity index (χ3v) is 8.38. The molecule has 0 radical (unpaired) electrons. The lowest BCUT2D eigenvalue weighted by Crippen LogP contribution is -2.60. The highest BCUT2D eigenvalue weighted by molar-refractivity contribution is 6.07. The Hall–Kier alpha value is -4.95. The second-order valence-electron chi connectivity index (χ2n) is 11.7. The molecule has 0 aliphatic carbocycles. The molecule has 15 heteroatoms. The highest BCUT2D eigenvalue weighted by Gasteiger charge is 2.49. The maximum Gasteiger partial charge on any atom is 0.409 e. The molecule has 2 aromatic rings. The molecule has 3 aliphatic rings. The number of carbonyl (C=O) groups excluding carboxylic acids is 6. The first-order valence-electron chi connectivity index (χ1n) is 15.5. The Morgan fingerprint density at radius 2 is 1.76 bits per heavy atom. The molecule has 46 heavy (non-hydrogen) atoms. The topological polar surface area (TPSA) is 180 Å². The van der Waals surface area contributed by atoms with Crippen LogP contribution >= 0.6 is 0 Å². The molecular weight excluding hydrogens is 598 g/mol. The molecule has 1 unspecified atom stereocenters. The lowest BCUT2D eigenvalue weighted by molar-refractivity contribution is -0.138. The van der Waals surface area contributed by atoms with E-state index in [2.05, 4.69) is 20.9 Å². The number of unbranched alkanes of at least 4 members (excludes halogenated alkanes) is 1. The van der Waals surface area contributed by atoms with Crippen LogP contribution in [0, 0.1) is 6.92 Å². The average Bonchev–Trinajstić information content (AvgIpc) is 3.32. The van der Waals surface area contributed by atoms with E-state index >= 15 is 0 Å². The first kappa shape index (κ1) is 32.4. The summed E-state index contributed by atoms with van der Waals surface area (Å²) in [4.78, 5) is 84.6. The van der Waals surface area contributed by atoms with Gasteiger partial charge in [0.05, 0.1) is 25.2 Å². The van der Waals surface area contributed by atoms with E-state index in [1.54, 1.807) is 21.9 Å². The molecule has 3 fully saturated rings. The molecule has 246 valence electrons. The number of piperidine rings is 1. The van der Waals surface area contributed by atoms with E-state index in [9.17, 15) is 28.8 Å². The second kappa shape index (κ2) is 14.0. The van der Waals surface area contributed by atoms with Crippen molar-refractivity contribution in [2.75, 3.05) is 59.0 Å². The first-order chi connectivity index (χ1) is 22.1. The van der Waals surface area contributed by atoms with Crippen molar-refractivity contribution in [2.45, 2.75) is 45.1 Å². The van der Waals surface area contributed by atoms with E-state index in [1.165, 1.54) is 11.0 Å². The number of fused-ring (bicyclic) bond motifs is 1. The van der Waals surface area contributed by atoms with Crippen LogP contribution in [0.2, 0.25) is 0 Å². The van der Waals surface area contributed by atoms with Gasteiger partial charge in [0, 0.05) is 44.2 Å². The lowest BCUT2D eigenvalue weighted by atomic mass is 9.89. The third-order valence-electron chi connectivity index (χ3n) is 8.38. The molecular formula is C31H39N7O8. The molecule has 1 aromatic carbocycles. The number of aryl methyl sites for hydroxylation is 1. The molecule has 5 rings (SSSR count). The second-order valence-corrected chi connectivity index (χ2v) is 11.7. The van der Waals surface area contributed by atoms with Gasteiger partial charge >= 0.3 is 12.1 Å². The quantitative estimate of drug-likeness (QED) is 0.266. The monoisotopic (exact) mass is 637 g/mol. The van der Waals surface area contributed by atoms with E-state index in [0.717, 1.165) is 18.4 Å². The fourth-order valence-corrected chi connectivity index (χ4v) is 5.75. The van der Waals surface area contributed by atoms with Crippen LogP contribution in [0.3, 0.4) is 0 Å². The summed E-state index contributed by atoms with van der Waals surface area (Å²) in [6.07, 6.45) is 2.29. The number of imide groups is 1. The van der Waals surface area contributed by atoms with Crippen molar-refractivity contribution < 1.29 is 38.2 Å². The average molecular weight is 638 g/mol. The van der Waals surface area contributed by atoms with Gasteiger partial charge in [-0.25, -0.2) is 14.6 Å². The lowest BCUT2D eigenvalue weighted by Gasteiger charge is -2.37. The number of hydrogen-bond donors (Lipinski definition) is 3. The normalized spacial score (nSPS) is 19.6. The molecule has 1 spiro atoms. The zero-order chi connectivity index (χ0) is 32.8. The van der Waals surface area contributed by atoms with E-state index in [-0.39, 0.29) is 49.0 Å². The molecule has 3 N–H and O–H groups in total. The molecule has 0 saturated carbocycles. The summed E-state index contributed by atoms with van der Waals surface area (Å²) in [5, 5.41) is 8.10. The number of nitrogens with zero attached hydrogens (tertiary/aromatic N) is 4. The predicted octanol–water partition coefficient (Wildman–Crippen LogP) is 0.933.